The molecule has 10 nitrogen and oxygen atoms in total. The molecule has 10 heteroatoms. The third kappa shape index (κ3) is 7.19. The van der Waals surface area contributed by atoms with E-state index in [2.05, 4.69) is 12.1 Å². The summed E-state index contributed by atoms with van der Waals surface area (Å²) in [6.45, 7) is 6.53. The van der Waals surface area contributed by atoms with Crippen molar-refractivity contribution in [2.75, 3.05) is 20.0 Å². The Hall–Kier alpha value is -3.99. The molecule has 4 heterocycles. The number of aryl methyl sites for hydroxylation is 2. The monoisotopic (exact) mass is 634 g/mol. The SMILES string of the molecule is CC(C)=C1CCc2ccc(cc2)CCCC(=O)O[C@H]2c3c(ccc4cc([C@H](CCO)COCO)c(=O)oc34)OC(C)(C)[C@H]2OC1=O. The van der Waals surface area contributed by atoms with Gasteiger partial charge in [0, 0.05) is 35.5 Å². The number of aliphatic hydroxyl groups excluding tert-OH is 2. The van der Waals surface area contributed by atoms with Crippen LogP contribution in [0.4, 0.5) is 0 Å². The summed E-state index contributed by atoms with van der Waals surface area (Å²) < 4.78 is 29.8. The van der Waals surface area contributed by atoms with Crippen molar-refractivity contribution in [1.29, 1.82) is 0 Å². The molecule has 0 spiro atoms. The first-order chi connectivity index (χ1) is 22.0. The first-order valence-corrected chi connectivity index (χ1v) is 15.8. The van der Waals surface area contributed by atoms with Crippen LogP contribution < -0.4 is 10.4 Å². The van der Waals surface area contributed by atoms with Gasteiger partial charge in [0.25, 0.3) is 0 Å². The second-order valence-corrected chi connectivity index (χ2v) is 12.7. The summed E-state index contributed by atoms with van der Waals surface area (Å²) in [4.78, 5) is 40.6. The Morgan fingerprint density at radius 2 is 1.67 bits per heavy atom. The zero-order valence-electron chi connectivity index (χ0n) is 26.8. The predicted octanol–water partition coefficient (Wildman–Crippen LogP) is 5.20. The lowest BCUT2D eigenvalue weighted by atomic mass is 9.86. The number of hydrogen-bond acceptors (Lipinski definition) is 10. The van der Waals surface area contributed by atoms with E-state index in [-0.39, 0.29) is 37.2 Å². The van der Waals surface area contributed by atoms with Crippen molar-refractivity contribution in [2.24, 2.45) is 0 Å². The van der Waals surface area contributed by atoms with Crippen LogP contribution >= 0.6 is 0 Å². The topological polar surface area (TPSA) is 142 Å². The van der Waals surface area contributed by atoms with Crippen LogP contribution in [-0.4, -0.2) is 53.9 Å². The summed E-state index contributed by atoms with van der Waals surface area (Å²) in [5.74, 6) is -1.21. The van der Waals surface area contributed by atoms with Gasteiger partial charge in [-0.25, -0.2) is 9.59 Å². The molecule has 0 saturated carbocycles. The fourth-order valence-electron chi connectivity index (χ4n) is 6.23. The van der Waals surface area contributed by atoms with Gasteiger partial charge >= 0.3 is 17.6 Å². The van der Waals surface area contributed by atoms with E-state index >= 15 is 0 Å². The first-order valence-electron chi connectivity index (χ1n) is 15.8. The molecule has 0 unspecified atom stereocenters. The number of hydrogen-bond donors (Lipinski definition) is 2. The van der Waals surface area contributed by atoms with Crippen molar-refractivity contribution in [1.82, 2.24) is 0 Å². The average Bonchev–Trinajstić information content (AvgIpc) is 3.00. The average molecular weight is 635 g/mol. The van der Waals surface area contributed by atoms with E-state index in [1.165, 1.54) is 0 Å². The second kappa shape index (κ2) is 14.2. The molecular formula is C36H42O10. The minimum Gasteiger partial charge on any atom is -0.483 e. The molecule has 46 heavy (non-hydrogen) atoms. The fourth-order valence-corrected chi connectivity index (χ4v) is 6.23. The Bertz CT molecular complexity index is 1660. The van der Waals surface area contributed by atoms with Crippen molar-refractivity contribution in [3.63, 3.8) is 0 Å². The number of rotatable bonds is 6. The number of allylic oxidation sites excluding steroid dienone is 1. The summed E-state index contributed by atoms with van der Waals surface area (Å²) in [7, 11) is 0. The Balaban J connectivity index is 1.61. The maximum Gasteiger partial charge on any atom is 0.339 e. The van der Waals surface area contributed by atoms with Gasteiger partial charge in [0.15, 0.2) is 12.2 Å². The van der Waals surface area contributed by atoms with Gasteiger partial charge in [0.1, 0.15) is 23.7 Å². The molecule has 0 amide bonds. The standard InChI is InChI=1S/C36H42O10/c1-21(2)26-14-12-23-10-8-22(9-11-23)6-5-7-29(39)43-32-30-28(46-36(3,4)33(32)45-34(26)40)15-13-24-18-27(35(41)44-31(24)30)25(16-17-37)19-42-20-38/h8-11,13,15,18,25,32-33,37-38H,5-7,12,14,16-17,19-20H2,1-4H3/t25-,32+,33+/m1/s1. The van der Waals surface area contributed by atoms with Crippen LogP contribution in [0.2, 0.25) is 0 Å². The highest BCUT2D eigenvalue weighted by atomic mass is 16.6. The van der Waals surface area contributed by atoms with E-state index < -0.39 is 48.1 Å². The number of aliphatic hydroxyl groups is 2. The third-order valence-electron chi connectivity index (χ3n) is 8.75. The number of esters is 2. The highest BCUT2D eigenvalue weighted by molar-refractivity contribution is 5.90. The molecule has 0 aliphatic carbocycles. The van der Waals surface area contributed by atoms with Crippen LogP contribution in [0.25, 0.3) is 11.0 Å². The first kappa shape index (κ1) is 33.4. The quantitative estimate of drug-likeness (QED) is 0.161. The molecule has 2 N–H and O–H groups in total. The molecule has 0 saturated heterocycles. The Labute approximate surface area is 267 Å². The predicted molar refractivity (Wildman–Crippen MR) is 169 cm³/mol. The van der Waals surface area contributed by atoms with Gasteiger partial charge in [-0.2, -0.15) is 0 Å². The normalized spacial score (nSPS) is 20.7. The molecule has 2 aromatic carbocycles. The largest absolute Gasteiger partial charge is 0.483 e. The molecule has 0 radical (unpaired) electrons. The zero-order chi connectivity index (χ0) is 33.0. The fraction of sp³-hybridized carbons (Fsp3) is 0.472. The molecule has 246 valence electrons. The van der Waals surface area contributed by atoms with E-state index in [1.807, 2.05) is 26.0 Å². The van der Waals surface area contributed by atoms with Crippen LogP contribution in [0.15, 0.2) is 62.8 Å². The molecule has 3 atom stereocenters. The molecule has 1 aromatic heterocycles. The number of benzene rings is 2. The summed E-state index contributed by atoms with van der Waals surface area (Å²) >= 11 is 0. The molecule has 6 rings (SSSR count). The smallest absolute Gasteiger partial charge is 0.339 e. The molecule has 0 fully saturated rings. The van der Waals surface area contributed by atoms with Gasteiger partial charge in [0.2, 0.25) is 0 Å². The number of carbonyl (C=O) groups excluding carboxylic acids is 2. The molecule has 3 aliphatic heterocycles. The van der Waals surface area contributed by atoms with Crippen molar-refractivity contribution in [3.05, 3.63) is 86.3 Å². The summed E-state index contributed by atoms with van der Waals surface area (Å²) in [6.07, 6.45) is 0.495. The lowest BCUT2D eigenvalue weighted by Gasteiger charge is -2.43. The second-order valence-electron chi connectivity index (χ2n) is 12.7. The van der Waals surface area contributed by atoms with Crippen LogP contribution in [0.1, 0.15) is 87.7 Å². The van der Waals surface area contributed by atoms with E-state index in [0.29, 0.717) is 48.0 Å². The van der Waals surface area contributed by atoms with Gasteiger partial charge in [-0.15, -0.1) is 0 Å². The molecular weight excluding hydrogens is 592 g/mol. The Kier molecular flexibility index (Phi) is 10.3. The summed E-state index contributed by atoms with van der Waals surface area (Å²) in [5, 5.41) is 19.3. The highest BCUT2D eigenvalue weighted by Gasteiger charge is 2.50. The minimum atomic E-state index is -1.14. The summed E-state index contributed by atoms with van der Waals surface area (Å²) in [5.41, 5.74) is 2.46. The number of fused-ring (bicyclic) bond motifs is 13. The Morgan fingerprint density at radius 1 is 0.957 bits per heavy atom. The Morgan fingerprint density at radius 3 is 2.35 bits per heavy atom. The lowest BCUT2D eigenvalue weighted by molar-refractivity contribution is -0.188. The number of carbonyl (C=O) groups is 2. The van der Waals surface area contributed by atoms with Gasteiger partial charge < -0.3 is 33.6 Å². The number of ether oxygens (including phenoxy) is 4. The van der Waals surface area contributed by atoms with Crippen LogP contribution in [-0.2, 0) is 36.6 Å². The van der Waals surface area contributed by atoms with E-state index in [1.54, 1.807) is 32.0 Å². The maximum absolute atomic E-state index is 13.8. The lowest BCUT2D eigenvalue weighted by Crippen LogP contribution is -2.52. The van der Waals surface area contributed by atoms with Crippen molar-refractivity contribution in [2.45, 2.75) is 89.9 Å². The van der Waals surface area contributed by atoms with Gasteiger partial charge in [-0.3, -0.25) is 4.79 Å². The summed E-state index contributed by atoms with van der Waals surface area (Å²) in [6, 6.07) is 13.3. The van der Waals surface area contributed by atoms with Gasteiger partial charge in [-0.05, 0) is 89.1 Å². The van der Waals surface area contributed by atoms with Gasteiger partial charge in [0.05, 0.1) is 12.2 Å². The van der Waals surface area contributed by atoms with Crippen molar-refractivity contribution < 1.29 is 43.2 Å². The van der Waals surface area contributed by atoms with E-state index in [9.17, 15) is 19.5 Å². The van der Waals surface area contributed by atoms with Crippen LogP contribution in [0.3, 0.4) is 0 Å². The molecule has 3 aromatic rings. The van der Waals surface area contributed by atoms with E-state index in [4.69, 9.17) is 28.5 Å². The van der Waals surface area contributed by atoms with Crippen LogP contribution in [0.5, 0.6) is 5.75 Å². The van der Waals surface area contributed by atoms with Crippen molar-refractivity contribution in [3.8, 4) is 5.75 Å². The highest BCUT2D eigenvalue weighted by Crippen LogP contribution is 2.47. The van der Waals surface area contributed by atoms with Crippen molar-refractivity contribution >= 4 is 22.9 Å². The third-order valence-corrected chi connectivity index (χ3v) is 8.75. The minimum absolute atomic E-state index is 0.00447. The van der Waals surface area contributed by atoms with E-state index in [0.717, 1.165) is 16.7 Å². The molecule has 3 aliphatic rings. The zero-order valence-corrected chi connectivity index (χ0v) is 26.8. The molecule has 2 bridgehead atoms. The maximum atomic E-state index is 13.8. The van der Waals surface area contributed by atoms with Crippen LogP contribution in [0, 0.1) is 0 Å². The van der Waals surface area contributed by atoms with Gasteiger partial charge in [-0.1, -0.05) is 29.8 Å².